The molecule has 0 N–H and O–H groups in total. The zero-order chi connectivity index (χ0) is 13.8. The van der Waals surface area contributed by atoms with Crippen LogP contribution in [0.1, 0.15) is 82.3 Å². The van der Waals surface area contributed by atoms with Crippen molar-refractivity contribution in [1.29, 1.82) is 0 Å². The maximum Gasteiger partial charge on any atom is 2.00 e. The quantitative estimate of drug-likeness (QED) is 0.334. The number of aryl methyl sites for hydroxylation is 1. The predicted molar refractivity (Wildman–Crippen MR) is 92.2 cm³/mol. The second kappa shape index (κ2) is 16.5. The molecule has 116 valence electrons. The van der Waals surface area contributed by atoms with E-state index >= 15 is 0 Å². The van der Waals surface area contributed by atoms with Gasteiger partial charge in [-0.3, -0.25) is 0 Å². The first-order valence-electron chi connectivity index (χ1n) is 8.24. The molecular weight excluding hydrogens is 288 g/mol. The van der Waals surface area contributed by atoms with Gasteiger partial charge in [-0.1, -0.05) is 70.3 Å². The van der Waals surface area contributed by atoms with E-state index in [-0.39, 0.29) is 35.5 Å². The summed E-state index contributed by atoms with van der Waals surface area (Å²) in [5, 5.41) is 0. The molecule has 0 aliphatic rings. The smallest absolute Gasteiger partial charge is 1.00 e. The largest absolute Gasteiger partial charge is 2.00 e. The molecule has 0 saturated heterocycles. The van der Waals surface area contributed by atoms with Crippen LogP contribution in [0.4, 0.5) is 0 Å². The van der Waals surface area contributed by atoms with E-state index < -0.39 is 0 Å². The summed E-state index contributed by atoms with van der Waals surface area (Å²) < 4.78 is 0. The molecule has 0 unspecified atom stereocenters. The summed E-state index contributed by atoms with van der Waals surface area (Å²) in [6.07, 6.45) is 15.4. The van der Waals surface area contributed by atoms with Gasteiger partial charge in [0, 0.05) is 0 Å². The average Bonchev–Trinajstić information content (AvgIpc) is 2.43. The van der Waals surface area contributed by atoms with Crippen molar-refractivity contribution in [3.63, 3.8) is 0 Å². The second-order valence-electron chi connectivity index (χ2n) is 5.75. The minimum atomic E-state index is 0. The Labute approximate surface area is 155 Å². The summed E-state index contributed by atoms with van der Waals surface area (Å²) in [5.74, 6) is 0. The summed E-state index contributed by atoms with van der Waals surface area (Å²) in [5.41, 5.74) is 2.58. The average molecular weight is 319 g/mol. The third-order valence-corrected chi connectivity index (χ3v) is 3.84. The van der Waals surface area contributed by atoms with Crippen LogP contribution in [0.3, 0.4) is 0 Å². The fourth-order valence-electron chi connectivity index (χ4n) is 2.52. The van der Waals surface area contributed by atoms with Crippen molar-refractivity contribution in [3.05, 3.63) is 42.3 Å². The van der Waals surface area contributed by atoms with E-state index in [2.05, 4.69) is 38.1 Å². The molecule has 0 spiro atoms. The van der Waals surface area contributed by atoms with Gasteiger partial charge in [-0.2, -0.15) is 24.6 Å². The van der Waals surface area contributed by atoms with Crippen LogP contribution in [0.2, 0.25) is 0 Å². The number of benzene rings is 1. The van der Waals surface area contributed by atoms with Crippen molar-refractivity contribution in [2.45, 2.75) is 77.6 Å². The molecule has 1 aromatic rings. The van der Waals surface area contributed by atoms with Crippen LogP contribution in [-0.4, -0.2) is 23.1 Å². The van der Waals surface area contributed by atoms with Gasteiger partial charge in [0.25, 0.3) is 0 Å². The standard InChI is InChI=1S/C19H31.ClH.Mg/c1-3-4-5-6-7-8-9-10-11-12-13-19-16-14-18(2)15-17-19;;/h14-17H,2-13H2,1H3;1H;/q-1;;+2/p-1. The molecule has 21 heavy (non-hydrogen) atoms. The van der Waals surface area contributed by atoms with Crippen LogP contribution in [0, 0.1) is 6.92 Å². The fourth-order valence-corrected chi connectivity index (χ4v) is 2.52. The number of halogens is 1. The summed E-state index contributed by atoms with van der Waals surface area (Å²) in [6.45, 7) is 6.20. The van der Waals surface area contributed by atoms with Crippen molar-refractivity contribution in [2.75, 3.05) is 0 Å². The molecule has 0 heterocycles. The Bertz CT molecular complexity index is 308. The van der Waals surface area contributed by atoms with Gasteiger partial charge in [0.2, 0.25) is 0 Å². The SMILES string of the molecule is [CH2-]c1ccc(CCCCCCCCCCCC)cc1.[Cl-].[Mg+2]. The summed E-state index contributed by atoms with van der Waals surface area (Å²) >= 11 is 0. The first-order chi connectivity index (χ1) is 9.33. The Balaban J connectivity index is 0. The van der Waals surface area contributed by atoms with Gasteiger partial charge >= 0.3 is 23.1 Å². The van der Waals surface area contributed by atoms with Crippen molar-refractivity contribution >= 4 is 23.1 Å². The molecule has 0 radical (unpaired) electrons. The molecule has 0 fully saturated rings. The van der Waals surface area contributed by atoms with Gasteiger partial charge in [-0.25, -0.2) is 0 Å². The summed E-state index contributed by atoms with van der Waals surface area (Å²) in [7, 11) is 0. The zero-order valence-electron chi connectivity index (χ0n) is 13.9. The van der Waals surface area contributed by atoms with Gasteiger partial charge in [-0.15, -0.1) is 12.1 Å². The molecule has 0 nitrogen and oxygen atoms in total. The summed E-state index contributed by atoms with van der Waals surface area (Å²) in [4.78, 5) is 0. The van der Waals surface area contributed by atoms with Crippen molar-refractivity contribution in [3.8, 4) is 0 Å². The Morgan fingerprint density at radius 1 is 0.714 bits per heavy atom. The molecule has 0 aromatic heterocycles. The number of hydrogen-bond acceptors (Lipinski definition) is 0. The fraction of sp³-hybridized carbons (Fsp3) is 0.632. The molecular formula is C19H31ClMg. The van der Waals surface area contributed by atoms with Crippen LogP contribution in [0.5, 0.6) is 0 Å². The van der Waals surface area contributed by atoms with Gasteiger partial charge < -0.3 is 12.4 Å². The zero-order valence-corrected chi connectivity index (χ0v) is 16.0. The molecule has 0 atom stereocenters. The maximum atomic E-state index is 3.92. The molecule has 2 heteroatoms. The first-order valence-corrected chi connectivity index (χ1v) is 8.24. The molecule has 0 aliphatic carbocycles. The number of hydrogen-bond donors (Lipinski definition) is 0. The van der Waals surface area contributed by atoms with Gasteiger partial charge in [0.05, 0.1) is 0 Å². The van der Waals surface area contributed by atoms with E-state index in [1.165, 1.54) is 76.2 Å². The summed E-state index contributed by atoms with van der Waals surface area (Å²) in [6, 6.07) is 8.67. The normalized spacial score (nSPS) is 9.76. The van der Waals surface area contributed by atoms with E-state index in [0.29, 0.717) is 0 Å². The van der Waals surface area contributed by atoms with E-state index in [1.807, 2.05) is 0 Å². The molecule has 0 aliphatic heterocycles. The van der Waals surface area contributed by atoms with Crippen LogP contribution in [0.25, 0.3) is 0 Å². The predicted octanol–water partition coefficient (Wildman–Crippen LogP) is 2.96. The van der Waals surface area contributed by atoms with Crippen molar-refractivity contribution in [1.82, 2.24) is 0 Å². The van der Waals surface area contributed by atoms with E-state index in [0.717, 1.165) is 5.56 Å². The van der Waals surface area contributed by atoms with Gasteiger partial charge in [0.15, 0.2) is 0 Å². The van der Waals surface area contributed by atoms with Crippen molar-refractivity contribution < 1.29 is 12.4 Å². The molecule has 0 amide bonds. The molecule has 0 bridgehead atoms. The van der Waals surface area contributed by atoms with E-state index in [9.17, 15) is 0 Å². The Morgan fingerprint density at radius 3 is 1.62 bits per heavy atom. The molecule has 1 rings (SSSR count). The number of rotatable bonds is 11. The molecule has 0 saturated carbocycles. The first kappa shape index (κ1) is 23.4. The molecule has 1 aromatic carbocycles. The van der Waals surface area contributed by atoms with Crippen molar-refractivity contribution in [2.24, 2.45) is 0 Å². The van der Waals surface area contributed by atoms with E-state index in [1.54, 1.807) is 0 Å². The third-order valence-electron chi connectivity index (χ3n) is 3.84. The topological polar surface area (TPSA) is 0 Å². The van der Waals surface area contributed by atoms with Gasteiger partial charge in [0.1, 0.15) is 0 Å². The third kappa shape index (κ3) is 13.5. The minimum absolute atomic E-state index is 0. The Hall–Kier alpha value is 0.146. The van der Waals surface area contributed by atoms with Crippen LogP contribution in [-0.2, 0) is 6.42 Å². The number of unbranched alkanes of at least 4 members (excludes halogenated alkanes) is 9. The second-order valence-corrected chi connectivity index (χ2v) is 5.75. The maximum absolute atomic E-state index is 3.92. The van der Waals surface area contributed by atoms with Crippen LogP contribution in [0.15, 0.2) is 24.3 Å². The Morgan fingerprint density at radius 2 is 1.14 bits per heavy atom. The van der Waals surface area contributed by atoms with Crippen LogP contribution >= 0.6 is 0 Å². The monoisotopic (exact) mass is 318 g/mol. The van der Waals surface area contributed by atoms with Gasteiger partial charge in [-0.05, 0) is 12.8 Å². The van der Waals surface area contributed by atoms with E-state index in [4.69, 9.17) is 0 Å². The Kier molecular flexibility index (Phi) is 18.4. The van der Waals surface area contributed by atoms with Crippen LogP contribution < -0.4 is 12.4 Å². The minimum Gasteiger partial charge on any atom is -1.00 e.